The summed E-state index contributed by atoms with van der Waals surface area (Å²) in [5, 5.41) is 10.1. The van der Waals surface area contributed by atoms with Crippen molar-refractivity contribution < 1.29 is 27.8 Å². The van der Waals surface area contributed by atoms with E-state index in [9.17, 15) is 23.1 Å². The van der Waals surface area contributed by atoms with Crippen molar-refractivity contribution >= 4 is 11.8 Å². The Kier molecular flexibility index (Phi) is 4.06. The zero-order chi connectivity index (χ0) is 15.8. The third-order valence-electron chi connectivity index (χ3n) is 3.07. The molecule has 2 atom stereocenters. The second-order valence-electron chi connectivity index (χ2n) is 4.42. The molecule has 1 saturated heterocycles. The van der Waals surface area contributed by atoms with E-state index in [1.165, 1.54) is 7.05 Å². The SMILES string of the molecule is CCO[C@H]1C(O)N(c2cc(C(F)(F)F)ccn2)C(=O)N1C. The number of amides is 2. The number of carbonyl (C=O) groups is 1. The van der Waals surface area contributed by atoms with Gasteiger partial charge in [-0.15, -0.1) is 0 Å². The lowest BCUT2D eigenvalue weighted by atomic mass is 10.2. The highest BCUT2D eigenvalue weighted by molar-refractivity contribution is 5.93. The maximum Gasteiger partial charge on any atom is 0.416 e. The average Bonchev–Trinajstić information content (AvgIpc) is 2.62. The number of alkyl halides is 3. The molecule has 2 rings (SSSR count). The summed E-state index contributed by atoms with van der Waals surface area (Å²) in [6, 6.07) is 0.816. The lowest BCUT2D eigenvalue weighted by Gasteiger charge is -2.21. The van der Waals surface area contributed by atoms with Crippen molar-refractivity contribution in [2.75, 3.05) is 18.6 Å². The van der Waals surface area contributed by atoms with Gasteiger partial charge in [-0.25, -0.2) is 14.7 Å². The molecule has 0 spiro atoms. The molecule has 116 valence electrons. The number of urea groups is 1. The second kappa shape index (κ2) is 5.49. The molecule has 21 heavy (non-hydrogen) atoms. The number of pyridine rings is 1. The van der Waals surface area contributed by atoms with Crippen molar-refractivity contribution in [1.29, 1.82) is 0 Å². The van der Waals surface area contributed by atoms with Crippen LogP contribution in [0.5, 0.6) is 0 Å². The van der Waals surface area contributed by atoms with Crippen LogP contribution in [-0.2, 0) is 10.9 Å². The van der Waals surface area contributed by atoms with Crippen LogP contribution in [0.4, 0.5) is 23.8 Å². The van der Waals surface area contributed by atoms with Gasteiger partial charge in [0.25, 0.3) is 0 Å². The van der Waals surface area contributed by atoms with Crippen molar-refractivity contribution in [3.05, 3.63) is 23.9 Å². The monoisotopic (exact) mass is 305 g/mol. The molecule has 0 aromatic carbocycles. The Balaban J connectivity index is 2.36. The number of rotatable bonds is 3. The van der Waals surface area contributed by atoms with Crippen molar-refractivity contribution in [3.63, 3.8) is 0 Å². The molecule has 1 aromatic rings. The first kappa shape index (κ1) is 15.5. The Morgan fingerprint density at radius 3 is 2.71 bits per heavy atom. The molecule has 1 aliphatic heterocycles. The van der Waals surface area contributed by atoms with Gasteiger partial charge in [0.15, 0.2) is 12.5 Å². The molecule has 0 saturated carbocycles. The lowest BCUT2D eigenvalue weighted by molar-refractivity contribution is -0.137. The highest BCUT2D eigenvalue weighted by atomic mass is 19.4. The van der Waals surface area contributed by atoms with Gasteiger partial charge in [-0.3, -0.25) is 4.90 Å². The Morgan fingerprint density at radius 2 is 2.14 bits per heavy atom. The minimum Gasteiger partial charge on any atom is -0.369 e. The number of aliphatic hydroxyl groups excluding tert-OH is 1. The first-order valence-electron chi connectivity index (χ1n) is 6.16. The van der Waals surface area contributed by atoms with E-state index >= 15 is 0 Å². The third-order valence-corrected chi connectivity index (χ3v) is 3.07. The van der Waals surface area contributed by atoms with Crippen LogP contribution in [0.1, 0.15) is 12.5 Å². The Bertz CT molecular complexity index is 538. The van der Waals surface area contributed by atoms with Gasteiger partial charge in [0, 0.05) is 19.9 Å². The maximum atomic E-state index is 12.7. The number of halogens is 3. The van der Waals surface area contributed by atoms with Crippen LogP contribution in [0, 0.1) is 0 Å². The van der Waals surface area contributed by atoms with E-state index < -0.39 is 30.2 Å². The highest BCUT2D eigenvalue weighted by Gasteiger charge is 2.45. The van der Waals surface area contributed by atoms with Crippen molar-refractivity contribution in [1.82, 2.24) is 9.88 Å². The van der Waals surface area contributed by atoms with E-state index in [0.717, 1.165) is 22.1 Å². The molecule has 0 radical (unpaired) electrons. The van der Waals surface area contributed by atoms with Crippen molar-refractivity contribution in [2.24, 2.45) is 0 Å². The van der Waals surface area contributed by atoms with Gasteiger partial charge in [0.2, 0.25) is 0 Å². The fraction of sp³-hybridized carbons (Fsp3) is 0.500. The topological polar surface area (TPSA) is 65.9 Å². The minimum atomic E-state index is -4.56. The molecular weight excluding hydrogens is 291 g/mol. The van der Waals surface area contributed by atoms with E-state index in [4.69, 9.17) is 4.74 Å². The number of hydrogen-bond acceptors (Lipinski definition) is 4. The number of hydrogen-bond donors (Lipinski definition) is 1. The highest BCUT2D eigenvalue weighted by Crippen LogP contribution is 2.33. The number of aromatic nitrogens is 1. The predicted molar refractivity (Wildman–Crippen MR) is 66.3 cm³/mol. The summed E-state index contributed by atoms with van der Waals surface area (Å²) < 4.78 is 43.3. The first-order valence-corrected chi connectivity index (χ1v) is 6.16. The Hall–Kier alpha value is -1.87. The van der Waals surface area contributed by atoms with Gasteiger partial charge in [-0.05, 0) is 19.1 Å². The molecule has 1 aromatic heterocycles. The van der Waals surface area contributed by atoms with Crippen LogP contribution in [-0.4, -0.2) is 47.1 Å². The molecule has 1 N–H and O–H groups in total. The summed E-state index contributed by atoms with van der Waals surface area (Å²) in [6.07, 6.45) is -6.01. The van der Waals surface area contributed by atoms with E-state index in [2.05, 4.69) is 4.98 Å². The van der Waals surface area contributed by atoms with Gasteiger partial charge in [-0.1, -0.05) is 0 Å². The summed E-state index contributed by atoms with van der Waals surface area (Å²) in [5.41, 5.74) is -0.949. The molecule has 0 bridgehead atoms. The fourth-order valence-electron chi connectivity index (χ4n) is 2.05. The molecule has 2 amide bonds. The van der Waals surface area contributed by atoms with E-state index in [1.54, 1.807) is 6.92 Å². The minimum absolute atomic E-state index is 0.239. The lowest BCUT2D eigenvalue weighted by Crippen LogP contribution is -2.38. The molecule has 1 fully saturated rings. The van der Waals surface area contributed by atoms with Gasteiger partial charge in [-0.2, -0.15) is 13.2 Å². The van der Waals surface area contributed by atoms with E-state index in [-0.39, 0.29) is 12.4 Å². The van der Waals surface area contributed by atoms with Crippen LogP contribution in [0.3, 0.4) is 0 Å². The van der Waals surface area contributed by atoms with Gasteiger partial charge >= 0.3 is 12.2 Å². The standard InChI is InChI=1S/C12H14F3N3O3/c1-3-21-10-9(19)18(11(20)17(10)2)8-6-7(4-5-16-8)12(13,14)15/h4-6,9-10,19H,3H2,1-2H3/t9?,10-/m0/s1. The molecule has 1 aliphatic rings. The normalized spacial score (nSPS) is 23.0. The average molecular weight is 305 g/mol. The first-order chi connectivity index (χ1) is 9.77. The maximum absolute atomic E-state index is 12.7. The molecule has 6 nitrogen and oxygen atoms in total. The molecule has 9 heteroatoms. The van der Waals surface area contributed by atoms with Gasteiger partial charge in [0.05, 0.1) is 5.56 Å². The third kappa shape index (κ3) is 2.79. The summed E-state index contributed by atoms with van der Waals surface area (Å²) in [5.74, 6) is -0.281. The molecule has 2 heterocycles. The van der Waals surface area contributed by atoms with Crippen LogP contribution in [0.2, 0.25) is 0 Å². The van der Waals surface area contributed by atoms with Crippen molar-refractivity contribution in [2.45, 2.75) is 25.6 Å². The Morgan fingerprint density at radius 1 is 1.48 bits per heavy atom. The van der Waals surface area contributed by atoms with Gasteiger partial charge in [0.1, 0.15) is 5.82 Å². The number of likely N-dealkylation sites (N-methyl/N-ethyl adjacent to an activating group) is 1. The van der Waals surface area contributed by atoms with E-state index in [0.29, 0.717) is 6.07 Å². The van der Waals surface area contributed by atoms with Crippen LogP contribution >= 0.6 is 0 Å². The van der Waals surface area contributed by atoms with Gasteiger partial charge < -0.3 is 9.84 Å². The van der Waals surface area contributed by atoms with Crippen molar-refractivity contribution in [3.8, 4) is 0 Å². The summed E-state index contributed by atoms with van der Waals surface area (Å²) >= 11 is 0. The summed E-state index contributed by atoms with van der Waals surface area (Å²) in [7, 11) is 1.39. The number of aliphatic hydroxyl groups is 1. The molecular formula is C12H14F3N3O3. The quantitative estimate of drug-likeness (QED) is 0.922. The fourth-order valence-corrected chi connectivity index (χ4v) is 2.05. The van der Waals surface area contributed by atoms with Crippen LogP contribution < -0.4 is 4.90 Å². The zero-order valence-corrected chi connectivity index (χ0v) is 11.3. The number of anilines is 1. The predicted octanol–water partition coefficient (Wildman–Crippen LogP) is 1.65. The largest absolute Gasteiger partial charge is 0.416 e. The number of nitrogens with zero attached hydrogens (tertiary/aromatic N) is 3. The smallest absolute Gasteiger partial charge is 0.369 e. The molecule has 0 aliphatic carbocycles. The van der Waals surface area contributed by atoms with Crippen LogP contribution in [0.15, 0.2) is 18.3 Å². The van der Waals surface area contributed by atoms with E-state index in [1.807, 2.05) is 0 Å². The number of ether oxygens (including phenoxy) is 1. The Labute approximate surface area is 118 Å². The number of carbonyl (C=O) groups excluding carboxylic acids is 1. The van der Waals surface area contributed by atoms with Crippen LogP contribution in [0.25, 0.3) is 0 Å². The zero-order valence-electron chi connectivity index (χ0n) is 11.3. The summed E-state index contributed by atoms with van der Waals surface area (Å²) in [6.45, 7) is 1.92. The summed E-state index contributed by atoms with van der Waals surface area (Å²) in [4.78, 5) is 17.7. The second-order valence-corrected chi connectivity index (χ2v) is 4.42. The molecule has 1 unspecified atom stereocenters.